The van der Waals surface area contributed by atoms with Crippen LogP contribution < -0.4 is 9.81 Å². The molecule has 8 nitrogen and oxygen atoms in total. The average molecular weight is 442 g/mol. The minimum atomic E-state index is -1.51. The SMILES string of the molecule is CC(C)(C)OC(=O)[As]c1cc(B(O)OC(C)(C)C(C)(C)O)cc([N+](=O)[O-])c1. The molecule has 0 bridgehead atoms. The first kappa shape index (κ1) is 23.6. The molecule has 149 valence electrons. The predicted octanol–water partition coefficient (Wildman–Crippen LogP) is 1.11. The van der Waals surface area contributed by atoms with E-state index in [1.807, 2.05) is 0 Å². The second kappa shape index (κ2) is 8.31. The van der Waals surface area contributed by atoms with E-state index in [2.05, 4.69) is 0 Å². The average Bonchev–Trinajstić information content (AvgIpc) is 2.42. The third-order valence-electron chi connectivity index (χ3n) is 3.91. The van der Waals surface area contributed by atoms with Crippen molar-refractivity contribution < 1.29 is 29.2 Å². The van der Waals surface area contributed by atoms with Crippen molar-refractivity contribution in [3.8, 4) is 0 Å². The van der Waals surface area contributed by atoms with Crippen LogP contribution >= 0.6 is 0 Å². The molecule has 0 unspecified atom stereocenters. The topological polar surface area (TPSA) is 119 Å². The van der Waals surface area contributed by atoms with Crippen molar-refractivity contribution in [1.82, 2.24) is 0 Å². The van der Waals surface area contributed by atoms with E-state index in [1.165, 1.54) is 32.0 Å². The van der Waals surface area contributed by atoms with Gasteiger partial charge in [-0.15, -0.1) is 0 Å². The standard InChI is InChI=1S/C17H26AsBNO7/c1-15(2,3)26-14(21)18-11-8-12(10-13(9-11)20(24)25)19(23)27-17(6,7)16(4,5)22/h8-10,22-23H,1-7H3. The summed E-state index contributed by atoms with van der Waals surface area (Å²) in [5.74, 6) is 0. The molecule has 1 rings (SSSR count). The van der Waals surface area contributed by atoms with Gasteiger partial charge in [0, 0.05) is 0 Å². The Balaban J connectivity index is 3.15. The monoisotopic (exact) mass is 442 g/mol. The van der Waals surface area contributed by atoms with Gasteiger partial charge in [0.15, 0.2) is 0 Å². The Bertz CT molecular complexity index is 710. The first-order chi connectivity index (χ1) is 12.0. The zero-order valence-corrected chi connectivity index (χ0v) is 18.5. The van der Waals surface area contributed by atoms with Crippen molar-refractivity contribution in [2.75, 3.05) is 0 Å². The summed E-state index contributed by atoms with van der Waals surface area (Å²) in [6, 6.07) is 3.97. The zero-order valence-electron chi connectivity index (χ0n) is 16.6. The van der Waals surface area contributed by atoms with Crippen LogP contribution in [-0.4, -0.2) is 59.5 Å². The van der Waals surface area contributed by atoms with Gasteiger partial charge < -0.3 is 0 Å². The molecule has 0 saturated heterocycles. The number of nitro groups is 1. The van der Waals surface area contributed by atoms with Gasteiger partial charge in [-0.25, -0.2) is 0 Å². The first-order valence-corrected chi connectivity index (χ1v) is 10.2. The van der Waals surface area contributed by atoms with Gasteiger partial charge in [0.2, 0.25) is 0 Å². The summed E-state index contributed by atoms with van der Waals surface area (Å²) in [5, 5.41) is 31.8. The number of rotatable bonds is 7. The van der Waals surface area contributed by atoms with Gasteiger partial charge in [-0.1, -0.05) is 0 Å². The molecule has 0 aliphatic heterocycles. The summed E-state index contributed by atoms with van der Waals surface area (Å²) >= 11 is -1.16. The molecule has 0 aliphatic carbocycles. The molecule has 1 aromatic carbocycles. The van der Waals surface area contributed by atoms with Crippen molar-refractivity contribution >= 4 is 43.1 Å². The van der Waals surface area contributed by atoms with E-state index in [-0.39, 0.29) is 11.2 Å². The number of nitro benzene ring substituents is 1. The van der Waals surface area contributed by atoms with Gasteiger partial charge in [-0.05, 0) is 0 Å². The summed E-state index contributed by atoms with van der Waals surface area (Å²) < 4.78 is 10.8. The van der Waals surface area contributed by atoms with E-state index in [9.17, 15) is 25.0 Å². The number of hydrogen-bond acceptors (Lipinski definition) is 7. The number of benzene rings is 1. The Labute approximate surface area is 166 Å². The fourth-order valence-electron chi connectivity index (χ4n) is 1.81. The number of nitrogens with zero attached hydrogens (tertiary/aromatic N) is 1. The molecule has 0 saturated carbocycles. The molecule has 0 aromatic heterocycles. The molecule has 0 heterocycles. The molecular weight excluding hydrogens is 416 g/mol. The van der Waals surface area contributed by atoms with Crippen molar-refractivity contribution in [3.63, 3.8) is 0 Å². The second-order valence-electron chi connectivity index (χ2n) is 8.17. The van der Waals surface area contributed by atoms with Gasteiger partial charge in [0.05, 0.1) is 0 Å². The summed E-state index contributed by atoms with van der Waals surface area (Å²) in [7, 11) is -1.51. The van der Waals surface area contributed by atoms with Crippen LogP contribution in [0, 0.1) is 10.1 Å². The van der Waals surface area contributed by atoms with Crippen molar-refractivity contribution in [2.45, 2.75) is 65.3 Å². The van der Waals surface area contributed by atoms with Gasteiger partial charge in [0.25, 0.3) is 0 Å². The van der Waals surface area contributed by atoms with Crippen LogP contribution in [-0.2, 0) is 9.39 Å². The molecule has 1 aromatic rings. The second-order valence-corrected chi connectivity index (χ2v) is 10.5. The van der Waals surface area contributed by atoms with E-state index >= 15 is 0 Å². The Morgan fingerprint density at radius 1 is 1.15 bits per heavy atom. The molecule has 1 radical (unpaired) electrons. The summed E-state index contributed by atoms with van der Waals surface area (Å²) in [5.41, 5.74) is -3.17. The van der Waals surface area contributed by atoms with Gasteiger partial charge in [-0.2, -0.15) is 0 Å². The van der Waals surface area contributed by atoms with Crippen LogP contribution in [0.5, 0.6) is 0 Å². The van der Waals surface area contributed by atoms with E-state index < -0.39 is 49.4 Å². The molecule has 0 atom stereocenters. The fourth-order valence-corrected chi connectivity index (χ4v) is 3.79. The Kier molecular flexibility index (Phi) is 7.27. The number of ether oxygens (including phenoxy) is 1. The van der Waals surface area contributed by atoms with E-state index in [1.54, 1.807) is 34.6 Å². The molecule has 27 heavy (non-hydrogen) atoms. The molecule has 0 spiro atoms. The van der Waals surface area contributed by atoms with Crippen LogP contribution in [0.4, 0.5) is 10.5 Å². The zero-order chi connectivity index (χ0) is 21.2. The maximum atomic E-state index is 12.1. The molecule has 0 aliphatic rings. The van der Waals surface area contributed by atoms with Gasteiger partial charge in [-0.3, -0.25) is 0 Å². The van der Waals surface area contributed by atoms with Crippen LogP contribution in [0.3, 0.4) is 0 Å². The Morgan fingerprint density at radius 2 is 1.70 bits per heavy atom. The first-order valence-electron chi connectivity index (χ1n) is 8.34. The third-order valence-corrected chi connectivity index (χ3v) is 5.57. The molecule has 0 amide bonds. The normalized spacial score (nSPS) is 13.1. The van der Waals surface area contributed by atoms with Crippen LogP contribution in [0.1, 0.15) is 48.5 Å². The molecular formula is C17H26AsBNO7. The third kappa shape index (κ3) is 7.26. The summed E-state index contributed by atoms with van der Waals surface area (Å²) in [6.07, 6.45) is 0. The number of carbonyl (C=O) groups is 1. The van der Waals surface area contributed by atoms with Crippen molar-refractivity contribution in [2.24, 2.45) is 0 Å². The minimum absolute atomic E-state index is 0.135. The van der Waals surface area contributed by atoms with E-state index in [0.29, 0.717) is 4.35 Å². The fraction of sp³-hybridized carbons (Fsp3) is 0.588. The number of hydrogen-bond donors (Lipinski definition) is 2. The Hall–Kier alpha value is -1.41. The molecule has 2 N–H and O–H groups in total. The van der Waals surface area contributed by atoms with Crippen LogP contribution in [0.25, 0.3) is 0 Å². The van der Waals surface area contributed by atoms with Gasteiger partial charge in [0.1, 0.15) is 0 Å². The number of aliphatic hydroxyl groups is 1. The summed E-state index contributed by atoms with van der Waals surface area (Å²) in [4.78, 5) is 22.7. The quantitative estimate of drug-likeness (QED) is 0.369. The van der Waals surface area contributed by atoms with E-state index in [0.717, 1.165) is 0 Å². The van der Waals surface area contributed by atoms with Gasteiger partial charge >= 0.3 is 166 Å². The predicted molar refractivity (Wildman–Crippen MR) is 104 cm³/mol. The van der Waals surface area contributed by atoms with Crippen LogP contribution in [0.15, 0.2) is 18.2 Å². The number of carbonyl (C=O) groups excluding carboxylic acids is 1. The number of non-ortho nitro benzene ring substituents is 1. The summed E-state index contributed by atoms with van der Waals surface area (Å²) in [6.45, 7) is 11.5. The van der Waals surface area contributed by atoms with Crippen molar-refractivity contribution in [3.05, 3.63) is 28.3 Å². The molecule has 0 fully saturated rings. The molecule has 10 heteroatoms. The van der Waals surface area contributed by atoms with Crippen LogP contribution in [0.2, 0.25) is 0 Å². The Morgan fingerprint density at radius 3 is 2.15 bits per heavy atom. The van der Waals surface area contributed by atoms with Crippen molar-refractivity contribution in [1.29, 1.82) is 0 Å². The van der Waals surface area contributed by atoms with E-state index in [4.69, 9.17) is 9.39 Å². The maximum absolute atomic E-state index is 12.1.